The van der Waals surface area contributed by atoms with E-state index < -0.39 is 5.97 Å². The molecular weight excluding hydrogens is 160 g/mol. The lowest BCUT2D eigenvalue weighted by atomic mass is 10.2. The first-order valence-electron chi connectivity index (χ1n) is 3.83. The predicted octanol–water partition coefficient (Wildman–Crippen LogP) is 0.845. The molecule has 1 atom stereocenters. The molecule has 0 aromatic rings. The molecule has 1 aliphatic heterocycles. The number of epoxide rings is 1. The molecule has 0 aliphatic carbocycles. The SMILES string of the molecule is CC(C)=O.O=C(O)CCC1CO1. The molecule has 0 saturated carbocycles. The summed E-state index contributed by atoms with van der Waals surface area (Å²) >= 11 is 0. The highest BCUT2D eigenvalue weighted by atomic mass is 16.6. The third kappa shape index (κ3) is 11.8. The van der Waals surface area contributed by atoms with Gasteiger partial charge in [0, 0.05) is 6.42 Å². The van der Waals surface area contributed by atoms with Gasteiger partial charge in [-0.05, 0) is 20.3 Å². The first kappa shape index (κ1) is 11.1. The van der Waals surface area contributed by atoms with Gasteiger partial charge in [0.2, 0.25) is 0 Å². The molecule has 4 heteroatoms. The maximum atomic E-state index is 9.88. The molecule has 0 spiro atoms. The molecule has 4 nitrogen and oxygen atoms in total. The first-order chi connectivity index (χ1) is 5.52. The van der Waals surface area contributed by atoms with Gasteiger partial charge in [-0.2, -0.15) is 0 Å². The average Bonchev–Trinajstić information content (AvgIpc) is 2.63. The van der Waals surface area contributed by atoms with Crippen LogP contribution in [-0.2, 0) is 14.3 Å². The van der Waals surface area contributed by atoms with Crippen molar-refractivity contribution in [1.82, 2.24) is 0 Å². The van der Waals surface area contributed by atoms with Crippen molar-refractivity contribution >= 4 is 11.8 Å². The molecule has 1 rings (SSSR count). The van der Waals surface area contributed by atoms with Gasteiger partial charge >= 0.3 is 5.97 Å². The van der Waals surface area contributed by atoms with Crippen molar-refractivity contribution in [2.45, 2.75) is 32.8 Å². The Morgan fingerprint density at radius 3 is 2.17 bits per heavy atom. The Hall–Kier alpha value is -0.900. The monoisotopic (exact) mass is 174 g/mol. The van der Waals surface area contributed by atoms with E-state index in [4.69, 9.17) is 9.84 Å². The van der Waals surface area contributed by atoms with E-state index in [1.165, 1.54) is 13.8 Å². The molecule has 70 valence electrons. The van der Waals surface area contributed by atoms with Crippen LogP contribution in [0.1, 0.15) is 26.7 Å². The van der Waals surface area contributed by atoms with Crippen LogP contribution in [0.5, 0.6) is 0 Å². The number of hydrogen-bond acceptors (Lipinski definition) is 3. The largest absolute Gasteiger partial charge is 0.481 e. The van der Waals surface area contributed by atoms with E-state index in [0.717, 1.165) is 6.61 Å². The second-order valence-electron chi connectivity index (χ2n) is 2.80. The van der Waals surface area contributed by atoms with E-state index in [0.29, 0.717) is 6.42 Å². The number of hydrogen-bond donors (Lipinski definition) is 1. The van der Waals surface area contributed by atoms with E-state index in [1.54, 1.807) is 0 Å². The minimum atomic E-state index is -0.736. The highest BCUT2D eigenvalue weighted by molar-refractivity contribution is 5.72. The zero-order valence-corrected chi connectivity index (χ0v) is 7.37. The van der Waals surface area contributed by atoms with Crippen LogP contribution in [0.15, 0.2) is 0 Å². The lowest BCUT2D eigenvalue weighted by Crippen LogP contribution is -1.96. The number of carboxylic acid groups (broad SMARTS) is 1. The molecule has 0 radical (unpaired) electrons. The van der Waals surface area contributed by atoms with Crippen LogP contribution < -0.4 is 0 Å². The molecular formula is C8H14O4. The Balaban J connectivity index is 0.000000261. The van der Waals surface area contributed by atoms with Gasteiger partial charge in [0.15, 0.2) is 0 Å². The lowest BCUT2D eigenvalue weighted by molar-refractivity contribution is -0.137. The van der Waals surface area contributed by atoms with Crippen LogP contribution in [0.4, 0.5) is 0 Å². The van der Waals surface area contributed by atoms with Crippen molar-refractivity contribution in [3.63, 3.8) is 0 Å². The molecule has 12 heavy (non-hydrogen) atoms. The zero-order valence-electron chi connectivity index (χ0n) is 7.37. The van der Waals surface area contributed by atoms with Crippen molar-refractivity contribution < 1.29 is 19.4 Å². The van der Waals surface area contributed by atoms with Gasteiger partial charge in [-0.25, -0.2) is 0 Å². The Morgan fingerprint density at radius 2 is 1.92 bits per heavy atom. The number of carbonyl (C=O) groups is 2. The minimum absolute atomic E-state index is 0.167. The fraction of sp³-hybridized carbons (Fsp3) is 0.750. The van der Waals surface area contributed by atoms with E-state index in [-0.39, 0.29) is 18.3 Å². The second-order valence-corrected chi connectivity index (χ2v) is 2.80. The van der Waals surface area contributed by atoms with Gasteiger partial charge in [0.25, 0.3) is 0 Å². The summed E-state index contributed by atoms with van der Waals surface area (Å²) in [7, 11) is 0. The molecule has 0 aromatic carbocycles. The van der Waals surface area contributed by atoms with Crippen LogP contribution in [0, 0.1) is 0 Å². The minimum Gasteiger partial charge on any atom is -0.481 e. The van der Waals surface area contributed by atoms with Crippen LogP contribution in [0.2, 0.25) is 0 Å². The molecule has 0 aromatic heterocycles. The highest BCUT2D eigenvalue weighted by Crippen LogP contribution is 2.14. The number of Topliss-reactive ketones (excluding diaryl/α,β-unsaturated/α-hetero) is 1. The lowest BCUT2D eigenvalue weighted by Gasteiger charge is -1.85. The molecule has 0 bridgehead atoms. The topological polar surface area (TPSA) is 66.9 Å². The van der Waals surface area contributed by atoms with Crippen molar-refractivity contribution in [2.75, 3.05) is 6.61 Å². The summed E-state index contributed by atoms with van der Waals surface area (Å²) in [5.41, 5.74) is 0. The maximum absolute atomic E-state index is 9.88. The van der Waals surface area contributed by atoms with Gasteiger partial charge in [-0.1, -0.05) is 0 Å². The molecule has 1 unspecified atom stereocenters. The summed E-state index contributed by atoms with van der Waals surface area (Å²) < 4.78 is 4.80. The fourth-order valence-electron chi connectivity index (χ4n) is 0.519. The normalized spacial score (nSPS) is 19.0. The number of aliphatic carboxylic acids is 1. The number of rotatable bonds is 3. The van der Waals surface area contributed by atoms with Gasteiger partial charge in [-0.3, -0.25) is 4.79 Å². The van der Waals surface area contributed by atoms with Crippen LogP contribution >= 0.6 is 0 Å². The van der Waals surface area contributed by atoms with Crippen molar-refractivity contribution in [2.24, 2.45) is 0 Å². The number of ether oxygens (including phenoxy) is 1. The van der Waals surface area contributed by atoms with Crippen LogP contribution in [0.3, 0.4) is 0 Å². The Labute approximate surface area is 71.5 Å². The highest BCUT2D eigenvalue weighted by Gasteiger charge is 2.22. The van der Waals surface area contributed by atoms with Crippen LogP contribution in [0.25, 0.3) is 0 Å². The summed E-state index contributed by atoms with van der Waals surface area (Å²) in [6.07, 6.45) is 1.17. The zero-order chi connectivity index (χ0) is 9.56. The maximum Gasteiger partial charge on any atom is 0.303 e. The summed E-state index contributed by atoms with van der Waals surface area (Å²) in [5.74, 6) is -0.569. The number of carbonyl (C=O) groups excluding carboxylic acids is 1. The second kappa shape index (κ2) is 5.71. The van der Waals surface area contributed by atoms with E-state index in [9.17, 15) is 9.59 Å². The molecule has 1 aliphatic rings. The van der Waals surface area contributed by atoms with Gasteiger partial charge in [-0.15, -0.1) is 0 Å². The van der Waals surface area contributed by atoms with Gasteiger partial charge in [0.05, 0.1) is 12.7 Å². The van der Waals surface area contributed by atoms with Gasteiger partial charge in [0.1, 0.15) is 5.78 Å². The summed E-state index contributed by atoms with van der Waals surface area (Å²) in [4.78, 5) is 19.3. The summed E-state index contributed by atoms with van der Waals surface area (Å²) in [6, 6.07) is 0. The van der Waals surface area contributed by atoms with Crippen molar-refractivity contribution in [1.29, 1.82) is 0 Å². The smallest absolute Gasteiger partial charge is 0.303 e. The first-order valence-corrected chi connectivity index (χ1v) is 3.83. The van der Waals surface area contributed by atoms with Gasteiger partial charge < -0.3 is 14.6 Å². The standard InChI is InChI=1S/C5H8O3.C3H6O/c6-5(7)2-1-4-3-8-4;1-3(2)4/h4H,1-3H2,(H,6,7);1-2H3. The summed E-state index contributed by atoms with van der Waals surface area (Å²) in [5, 5.41) is 8.13. The third-order valence-electron chi connectivity index (χ3n) is 1.08. The Bertz CT molecular complexity index is 156. The van der Waals surface area contributed by atoms with E-state index >= 15 is 0 Å². The molecule has 1 saturated heterocycles. The molecule has 1 N–H and O–H groups in total. The average molecular weight is 174 g/mol. The van der Waals surface area contributed by atoms with Crippen molar-refractivity contribution in [3.8, 4) is 0 Å². The van der Waals surface area contributed by atoms with Crippen LogP contribution in [-0.4, -0.2) is 29.6 Å². The van der Waals surface area contributed by atoms with E-state index in [1.807, 2.05) is 0 Å². The number of carboxylic acids is 1. The third-order valence-corrected chi connectivity index (χ3v) is 1.08. The van der Waals surface area contributed by atoms with Crippen molar-refractivity contribution in [3.05, 3.63) is 0 Å². The molecule has 0 amide bonds. The number of ketones is 1. The predicted molar refractivity (Wildman–Crippen MR) is 43.0 cm³/mol. The quantitative estimate of drug-likeness (QED) is 0.644. The fourth-order valence-corrected chi connectivity index (χ4v) is 0.519. The van der Waals surface area contributed by atoms with E-state index in [2.05, 4.69) is 0 Å². The molecule has 1 heterocycles. The Morgan fingerprint density at radius 1 is 1.50 bits per heavy atom. The summed E-state index contributed by atoms with van der Waals surface area (Å²) in [6.45, 7) is 3.81. The molecule has 1 fully saturated rings. The Kier molecular flexibility index (Phi) is 5.28.